The van der Waals surface area contributed by atoms with Crippen LogP contribution in [-0.4, -0.2) is 0 Å². The minimum absolute atomic E-state index is 0.137. The lowest BCUT2D eigenvalue weighted by molar-refractivity contribution is 0.544. The molecular formula is C14H24ClNS. The van der Waals surface area contributed by atoms with E-state index in [1.54, 1.807) is 11.3 Å². The van der Waals surface area contributed by atoms with Crippen molar-refractivity contribution >= 4 is 22.9 Å². The van der Waals surface area contributed by atoms with Crippen LogP contribution in [-0.2, 0) is 0 Å². The third-order valence-electron chi connectivity index (χ3n) is 3.10. The highest BCUT2D eigenvalue weighted by Gasteiger charge is 2.10. The lowest BCUT2D eigenvalue weighted by Crippen LogP contribution is -2.08. The average molecular weight is 274 g/mol. The Morgan fingerprint density at radius 2 is 1.82 bits per heavy atom. The van der Waals surface area contributed by atoms with E-state index >= 15 is 0 Å². The van der Waals surface area contributed by atoms with Gasteiger partial charge in [-0.2, -0.15) is 0 Å². The summed E-state index contributed by atoms with van der Waals surface area (Å²) in [5, 5.41) is 2.85. The predicted octanol–water partition coefficient (Wildman–Crippen LogP) is 5.54. The fraction of sp³-hybridized carbons (Fsp3) is 0.714. The molecule has 0 spiro atoms. The zero-order valence-corrected chi connectivity index (χ0v) is 12.3. The van der Waals surface area contributed by atoms with Gasteiger partial charge in [-0.15, -0.1) is 11.3 Å². The Morgan fingerprint density at radius 3 is 2.41 bits per heavy atom. The third kappa shape index (κ3) is 5.89. The molecule has 1 aromatic heterocycles. The first-order valence-electron chi connectivity index (χ1n) is 6.74. The van der Waals surface area contributed by atoms with E-state index in [1.165, 1.54) is 44.9 Å². The fourth-order valence-electron chi connectivity index (χ4n) is 2.02. The summed E-state index contributed by atoms with van der Waals surface area (Å²) in [6, 6.07) is 2.07. The van der Waals surface area contributed by atoms with Gasteiger partial charge in [-0.05, 0) is 17.9 Å². The summed E-state index contributed by atoms with van der Waals surface area (Å²) in [6.45, 7) is 2.25. The summed E-state index contributed by atoms with van der Waals surface area (Å²) < 4.78 is 0. The Hall–Kier alpha value is -0.0500. The van der Waals surface area contributed by atoms with Crippen LogP contribution in [0, 0.1) is 0 Å². The second kappa shape index (κ2) is 8.96. The Bertz CT molecular complexity index is 298. The minimum Gasteiger partial charge on any atom is -0.323 e. The summed E-state index contributed by atoms with van der Waals surface area (Å²) in [5.41, 5.74) is 6.13. The SMILES string of the molecule is CCCCCCCCCC(N)c1sccc1Cl. The van der Waals surface area contributed by atoms with Gasteiger partial charge in [0.25, 0.3) is 0 Å². The molecule has 1 aromatic rings. The zero-order valence-electron chi connectivity index (χ0n) is 10.8. The molecule has 0 aliphatic rings. The van der Waals surface area contributed by atoms with Gasteiger partial charge in [0.05, 0.1) is 5.02 Å². The largest absolute Gasteiger partial charge is 0.323 e. The monoisotopic (exact) mass is 273 g/mol. The van der Waals surface area contributed by atoms with E-state index < -0.39 is 0 Å². The maximum atomic E-state index is 6.13. The van der Waals surface area contributed by atoms with E-state index in [0.29, 0.717) is 0 Å². The Kier molecular flexibility index (Phi) is 7.91. The number of nitrogens with two attached hydrogens (primary N) is 1. The molecule has 3 heteroatoms. The molecule has 98 valence electrons. The Balaban J connectivity index is 2.05. The van der Waals surface area contributed by atoms with E-state index in [2.05, 4.69) is 6.92 Å². The smallest absolute Gasteiger partial charge is 0.0561 e. The van der Waals surface area contributed by atoms with E-state index in [1.807, 2.05) is 11.4 Å². The van der Waals surface area contributed by atoms with Gasteiger partial charge in [-0.1, -0.05) is 63.5 Å². The molecule has 2 N–H and O–H groups in total. The van der Waals surface area contributed by atoms with Crippen LogP contribution in [0.3, 0.4) is 0 Å². The molecule has 0 saturated carbocycles. The molecule has 0 aliphatic carbocycles. The first-order chi connectivity index (χ1) is 8.25. The van der Waals surface area contributed by atoms with Crippen LogP contribution in [0.4, 0.5) is 0 Å². The number of rotatable bonds is 9. The minimum atomic E-state index is 0.137. The van der Waals surface area contributed by atoms with Gasteiger partial charge in [-0.25, -0.2) is 0 Å². The normalized spacial score (nSPS) is 12.9. The first-order valence-corrected chi connectivity index (χ1v) is 8.00. The van der Waals surface area contributed by atoms with Gasteiger partial charge in [0.1, 0.15) is 0 Å². The topological polar surface area (TPSA) is 26.0 Å². The van der Waals surface area contributed by atoms with Crippen molar-refractivity contribution in [2.24, 2.45) is 5.73 Å². The average Bonchev–Trinajstić information content (AvgIpc) is 2.74. The number of halogens is 1. The fourth-order valence-corrected chi connectivity index (χ4v) is 3.26. The van der Waals surface area contributed by atoms with Gasteiger partial charge >= 0.3 is 0 Å². The van der Waals surface area contributed by atoms with Gasteiger partial charge in [0, 0.05) is 10.9 Å². The Morgan fingerprint density at radius 1 is 1.18 bits per heavy atom. The lowest BCUT2D eigenvalue weighted by Gasteiger charge is -2.10. The molecule has 1 rings (SSSR count). The maximum Gasteiger partial charge on any atom is 0.0561 e. The highest BCUT2D eigenvalue weighted by atomic mass is 35.5. The van der Waals surface area contributed by atoms with Crippen molar-refractivity contribution in [1.29, 1.82) is 0 Å². The molecule has 1 unspecified atom stereocenters. The molecule has 0 fully saturated rings. The van der Waals surface area contributed by atoms with E-state index in [-0.39, 0.29) is 6.04 Å². The van der Waals surface area contributed by atoms with Crippen molar-refractivity contribution in [2.75, 3.05) is 0 Å². The molecular weight excluding hydrogens is 250 g/mol. The molecule has 0 aliphatic heterocycles. The van der Waals surface area contributed by atoms with Crippen LogP contribution >= 0.6 is 22.9 Å². The summed E-state index contributed by atoms with van der Waals surface area (Å²) in [4.78, 5) is 1.15. The van der Waals surface area contributed by atoms with Crippen molar-refractivity contribution in [3.05, 3.63) is 21.3 Å². The molecule has 0 amide bonds. The van der Waals surface area contributed by atoms with Crippen LogP contribution in [0.5, 0.6) is 0 Å². The van der Waals surface area contributed by atoms with Gasteiger partial charge < -0.3 is 5.73 Å². The second-order valence-electron chi connectivity index (χ2n) is 4.65. The Labute approximate surface area is 114 Å². The number of thiophene rings is 1. The highest BCUT2D eigenvalue weighted by molar-refractivity contribution is 7.10. The highest BCUT2D eigenvalue weighted by Crippen LogP contribution is 2.30. The van der Waals surface area contributed by atoms with E-state index in [9.17, 15) is 0 Å². The van der Waals surface area contributed by atoms with Crippen molar-refractivity contribution in [1.82, 2.24) is 0 Å². The molecule has 0 aromatic carbocycles. The second-order valence-corrected chi connectivity index (χ2v) is 6.00. The predicted molar refractivity (Wildman–Crippen MR) is 78.9 cm³/mol. The van der Waals surface area contributed by atoms with Gasteiger partial charge in [-0.3, -0.25) is 0 Å². The molecule has 0 saturated heterocycles. The molecule has 1 atom stereocenters. The summed E-state index contributed by atoms with van der Waals surface area (Å²) in [5.74, 6) is 0. The molecule has 1 heterocycles. The van der Waals surface area contributed by atoms with E-state index in [4.69, 9.17) is 17.3 Å². The molecule has 0 bridgehead atoms. The quantitative estimate of drug-likeness (QED) is 0.587. The lowest BCUT2D eigenvalue weighted by atomic mass is 10.0. The van der Waals surface area contributed by atoms with Crippen LogP contribution in [0.15, 0.2) is 11.4 Å². The van der Waals surface area contributed by atoms with E-state index in [0.717, 1.165) is 16.3 Å². The number of hydrogen-bond acceptors (Lipinski definition) is 2. The van der Waals surface area contributed by atoms with Crippen LogP contribution in [0.1, 0.15) is 69.2 Å². The van der Waals surface area contributed by atoms with Crippen molar-refractivity contribution < 1.29 is 0 Å². The number of unbranched alkanes of at least 4 members (excludes halogenated alkanes) is 6. The maximum absolute atomic E-state index is 6.13. The zero-order chi connectivity index (χ0) is 12.5. The summed E-state index contributed by atoms with van der Waals surface area (Å²) in [7, 11) is 0. The standard InChI is InChI=1S/C14H24ClNS/c1-2-3-4-5-6-7-8-9-13(16)14-12(15)10-11-17-14/h10-11,13H,2-9,16H2,1H3. The van der Waals surface area contributed by atoms with Crippen LogP contribution < -0.4 is 5.73 Å². The van der Waals surface area contributed by atoms with Crippen molar-refractivity contribution in [3.63, 3.8) is 0 Å². The van der Waals surface area contributed by atoms with Gasteiger partial charge in [0.15, 0.2) is 0 Å². The van der Waals surface area contributed by atoms with Crippen LogP contribution in [0.2, 0.25) is 5.02 Å². The number of hydrogen-bond donors (Lipinski definition) is 1. The molecule has 0 radical (unpaired) electrons. The van der Waals surface area contributed by atoms with Gasteiger partial charge in [0.2, 0.25) is 0 Å². The first kappa shape index (κ1) is 15.0. The molecule has 17 heavy (non-hydrogen) atoms. The van der Waals surface area contributed by atoms with Crippen LogP contribution in [0.25, 0.3) is 0 Å². The van der Waals surface area contributed by atoms with Crippen molar-refractivity contribution in [2.45, 2.75) is 64.3 Å². The summed E-state index contributed by atoms with van der Waals surface area (Å²) >= 11 is 7.74. The third-order valence-corrected chi connectivity index (χ3v) is 4.59. The molecule has 1 nitrogen and oxygen atoms in total. The van der Waals surface area contributed by atoms with Crippen molar-refractivity contribution in [3.8, 4) is 0 Å². The summed E-state index contributed by atoms with van der Waals surface area (Å²) in [6.07, 6.45) is 10.4.